The number of hydrogen-bond acceptors (Lipinski definition) is 6. The summed E-state index contributed by atoms with van der Waals surface area (Å²) in [4.78, 5) is 32.3. The van der Waals surface area contributed by atoms with Gasteiger partial charge in [-0.05, 0) is 38.0 Å². The Hall–Kier alpha value is -2.57. The zero-order valence-corrected chi connectivity index (χ0v) is 15.1. The first-order chi connectivity index (χ1) is 12.7. The van der Waals surface area contributed by atoms with E-state index in [9.17, 15) is 4.79 Å². The fourth-order valence-electron chi connectivity index (χ4n) is 3.60. The van der Waals surface area contributed by atoms with Crippen molar-refractivity contribution >= 4 is 11.7 Å². The summed E-state index contributed by atoms with van der Waals surface area (Å²) >= 11 is 0. The summed E-state index contributed by atoms with van der Waals surface area (Å²) in [6, 6.07) is 0. The summed E-state index contributed by atoms with van der Waals surface area (Å²) in [5, 5.41) is 3.09. The van der Waals surface area contributed by atoms with Crippen LogP contribution in [0.2, 0.25) is 0 Å². The number of hydrogen-bond donors (Lipinski definition) is 1. The van der Waals surface area contributed by atoms with Crippen LogP contribution in [0, 0.1) is 5.92 Å². The van der Waals surface area contributed by atoms with Gasteiger partial charge in [-0.15, -0.1) is 0 Å². The largest absolute Gasteiger partial charge is 0.372 e. The van der Waals surface area contributed by atoms with Crippen LogP contribution in [0.15, 0.2) is 24.8 Å². The fraction of sp³-hybridized carbons (Fsp3) is 0.526. The van der Waals surface area contributed by atoms with Crippen LogP contribution in [-0.2, 0) is 6.42 Å². The third-order valence-corrected chi connectivity index (χ3v) is 5.16. The van der Waals surface area contributed by atoms with Crippen LogP contribution in [-0.4, -0.2) is 50.9 Å². The lowest BCUT2D eigenvalue weighted by atomic mass is 9.93. The number of nitrogens with one attached hydrogen (secondary N) is 1. The predicted molar refractivity (Wildman–Crippen MR) is 97.9 cm³/mol. The number of likely N-dealkylation sites (tertiary alicyclic amines) is 1. The van der Waals surface area contributed by atoms with Crippen molar-refractivity contribution < 1.29 is 4.79 Å². The highest BCUT2D eigenvalue weighted by Gasteiger charge is 2.28. The Morgan fingerprint density at radius 3 is 2.65 bits per heavy atom. The topological polar surface area (TPSA) is 83.9 Å². The van der Waals surface area contributed by atoms with Crippen molar-refractivity contribution in [3.8, 4) is 0 Å². The highest BCUT2D eigenvalue weighted by molar-refractivity contribution is 5.93. The molecule has 0 bridgehead atoms. The smallest absolute Gasteiger partial charge is 0.256 e. The molecule has 7 heteroatoms. The van der Waals surface area contributed by atoms with Gasteiger partial charge in [0.25, 0.3) is 5.91 Å². The minimum atomic E-state index is 0.0324. The minimum Gasteiger partial charge on any atom is -0.372 e. The van der Waals surface area contributed by atoms with Crippen LogP contribution in [0.5, 0.6) is 0 Å². The number of rotatable bonds is 5. The molecule has 1 amide bonds. The van der Waals surface area contributed by atoms with Gasteiger partial charge in [0.05, 0.1) is 11.3 Å². The molecule has 1 saturated carbocycles. The average Bonchev–Trinajstić information content (AvgIpc) is 3.53. The number of nitrogens with zero attached hydrogens (tertiary/aromatic N) is 5. The average molecular weight is 352 g/mol. The molecule has 1 saturated heterocycles. The Kier molecular flexibility index (Phi) is 4.77. The third-order valence-electron chi connectivity index (χ3n) is 5.16. The van der Waals surface area contributed by atoms with E-state index in [0.717, 1.165) is 62.5 Å². The van der Waals surface area contributed by atoms with Crippen molar-refractivity contribution in [1.82, 2.24) is 24.8 Å². The maximum Gasteiger partial charge on any atom is 0.256 e. The summed E-state index contributed by atoms with van der Waals surface area (Å²) < 4.78 is 0. The highest BCUT2D eigenvalue weighted by Crippen LogP contribution is 2.37. The summed E-state index contributed by atoms with van der Waals surface area (Å²) in [6.07, 6.45) is 12.1. The normalized spacial score (nSPS) is 20.0. The number of aromatic nitrogens is 4. The van der Waals surface area contributed by atoms with E-state index in [1.54, 1.807) is 24.8 Å². The van der Waals surface area contributed by atoms with Gasteiger partial charge in [-0.3, -0.25) is 9.78 Å². The molecular formula is C19H24N6O. The van der Waals surface area contributed by atoms with Crippen molar-refractivity contribution in [2.45, 2.75) is 38.0 Å². The lowest BCUT2D eigenvalue weighted by Crippen LogP contribution is -2.40. The van der Waals surface area contributed by atoms with E-state index in [2.05, 4.69) is 25.3 Å². The Bertz CT molecular complexity index is 774. The number of carbonyl (C=O) groups excluding carboxylic acids is 1. The molecule has 2 aromatic rings. The maximum absolute atomic E-state index is 12.8. The van der Waals surface area contributed by atoms with Gasteiger partial charge in [-0.2, -0.15) is 0 Å². The summed E-state index contributed by atoms with van der Waals surface area (Å²) in [5.41, 5.74) is 1.55. The van der Waals surface area contributed by atoms with E-state index in [4.69, 9.17) is 0 Å². The molecule has 0 aromatic carbocycles. The minimum absolute atomic E-state index is 0.0324. The Morgan fingerprint density at radius 1 is 1.15 bits per heavy atom. The SMILES string of the molecule is CNc1nccnc1CC1CCCN(C(=O)c2cnc(C3CC3)nc2)C1. The molecule has 1 atom stereocenters. The standard InChI is InChI=1S/C19H24N6O/c1-20-18-16(21-6-7-22-18)9-13-3-2-8-25(12-13)19(26)15-10-23-17(24-11-15)14-4-5-14/h6-7,10-11,13-14H,2-5,8-9,12H2,1H3,(H,20,22). The van der Waals surface area contributed by atoms with E-state index in [1.165, 1.54) is 0 Å². The molecule has 136 valence electrons. The lowest BCUT2D eigenvalue weighted by Gasteiger charge is -2.32. The quantitative estimate of drug-likeness (QED) is 0.889. The van der Waals surface area contributed by atoms with E-state index < -0.39 is 0 Å². The van der Waals surface area contributed by atoms with Gasteiger partial charge in [0.15, 0.2) is 0 Å². The number of piperidine rings is 1. The van der Waals surface area contributed by atoms with Crippen molar-refractivity contribution in [3.63, 3.8) is 0 Å². The third kappa shape index (κ3) is 3.66. The Morgan fingerprint density at radius 2 is 1.92 bits per heavy atom. The first kappa shape index (κ1) is 16.9. The molecule has 2 aromatic heterocycles. The van der Waals surface area contributed by atoms with Crippen LogP contribution < -0.4 is 5.32 Å². The van der Waals surface area contributed by atoms with Crippen LogP contribution in [0.25, 0.3) is 0 Å². The molecule has 4 rings (SSSR count). The lowest BCUT2D eigenvalue weighted by molar-refractivity contribution is 0.0672. The number of anilines is 1. The Balaban J connectivity index is 1.41. The molecular weight excluding hydrogens is 328 g/mol. The van der Waals surface area contributed by atoms with Crippen molar-refractivity contribution in [2.24, 2.45) is 5.92 Å². The van der Waals surface area contributed by atoms with E-state index >= 15 is 0 Å². The first-order valence-electron chi connectivity index (χ1n) is 9.33. The highest BCUT2D eigenvalue weighted by atomic mass is 16.2. The molecule has 0 spiro atoms. The molecule has 2 fully saturated rings. The summed E-state index contributed by atoms with van der Waals surface area (Å²) in [5.74, 6) is 2.63. The maximum atomic E-state index is 12.8. The van der Waals surface area contributed by atoms with Crippen molar-refractivity contribution in [3.05, 3.63) is 41.9 Å². The van der Waals surface area contributed by atoms with Crippen LogP contribution >= 0.6 is 0 Å². The zero-order valence-electron chi connectivity index (χ0n) is 15.1. The van der Waals surface area contributed by atoms with Gasteiger partial charge in [0.2, 0.25) is 0 Å². The second-order valence-electron chi connectivity index (χ2n) is 7.17. The van der Waals surface area contributed by atoms with Crippen LogP contribution in [0.3, 0.4) is 0 Å². The summed E-state index contributed by atoms with van der Waals surface area (Å²) in [6.45, 7) is 1.53. The fourth-order valence-corrected chi connectivity index (χ4v) is 3.60. The second-order valence-corrected chi connectivity index (χ2v) is 7.17. The van der Waals surface area contributed by atoms with Gasteiger partial charge in [0.1, 0.15) is 11.6 Å². The zero-order chi connectivity index (χ0) is 17.9. The van der Waals surface area contributed by atoms with Gasteiger partial charge >= 0.3 is 0 Å². The van der Waals surface area contributed by atoms with Crippen molar-refractivity contribution in [2.75, 3.05) is 25.5 Å². The van der Waals surface area contributed by atoms with Crippen molar-refractivity contribution in [1.29, 1.82) is 0 Å². The second kappa shape index (κ2) is 7.35. The van der Waals surface area contributed by atoms with E-state index in [0.29, 0.717) is 17.4 Å². The molecule has 2 aliphatic rings. The van der Waals surface area contributed by atoms with Gasteiger partial charge in [0, 0.05) is 50.8 Å². The van der Waals surface area contributed by atoms with Gasteiger partial charge in [-0.1, -0.05) is 0 Å². The Labute approximate surface area is 153 Å². The van der Waals surface area contributed by atoms with E-state index in [1.807, 2.05) is 11.9 Å². The number of carbonyl (C=O) groups is 1. The predicted octanol–water partition coefficient (Wildman–Crippen LogP) is 2.28. The van der Waals surface area contributed by atoms with Gasteiger partial charge < -0.3 is 10.2 Å². The van der Waals surface area contributed by atoms with Crippen LogP contribution in [0.1, 0.15) is 53.5 Å². The molecule has 7 nitrogen and oxygen atoms in total. The summed E-state index contributed by atoms with van der Waals surface area (Å²) in [7, 11) is 1.86. The molecule has 0 radical (unpaired) electrons. The molecule has 1 N–H and O–H groups in total. The van der Waals surface area contributed by atoms with Gasteiger partial charge in [-0.25, -0.2) is 15.0 Å². The number of amides is 1. The molecule has 1 aliphatic carbocycles. The monoisotopic (exact) mass is 352 g/mol. The van der Waals surface area contributed by atoms with Crippen LogP contribution in [0.4, 0.5) is 5.82 Å². The van der Waals surface area contributed by atoms with E-state index in [-0.39, 0.29) is 5.91 Å². The molecule has 1 aliphatic heterocycles. The molecule has 3 heterocycles. The molecule has 26 heavy (non-hydrogen) atoms. The first-order valence-corrected chi connectivity index (χ1v) is 9.33. The molecule has 1 unspecified atom stereocenters.